The zero-order valence-electron chi connectivity index (χ0n) is 14.4. The molecule has 0 bridgehead atoms. The Balaban J connectivity index is 2.08. The van der Waals surface area contributed by atoms with Crippen LogP contribution in [0.3, 0.4) is 0 Å². The van der Waals surface area contributed by atoms with E-state index in [0.29, 0.717) is 33.5 Å². The van der Waals surface area contributed by atoms with Crippen molar-refractivity contribution < 1.29 is 0 Å². The predicted octanol–water partition coefficient (Wildman–Crippen LogP) is 2.83. The Hall–Kier alpha value is -3.25. The topological polar surface area (TPSA) is 139 Å². The smallest absolute Gasteiger partial charge is 0.222 e. The monoisotopic (exact) mass is 366 g/mol. The van der Waals surface area contributed by atoms with E-state index in [1.54, 1.807) is 18.5 Å². The van der Waals surface area contributed by atoms with Gasteiger partial charge in [0.1, 0.15) is 17.5 Å². The van der Waals surface area contributed by atoms with Crippen molar-refractivity contribution in [2.24, 2.45) is 0 Å². The average Bonchev–Trinajstić information content (AvgIpc) is 2.98. The van der Waals surface area contributed by atoms with Crippen molar-refractivity contribution in [3.05, 3.63) is 29.7 Å². The first-order chi connectivity index (χ1) is 12.5. The lowest BCUT2D eigenvalue weighted by atomic mass is 10.0. The highest BCUT2D eigenvalue weighted by Crippen LogP contribution is 2.35. The molecular weight excluding hydrogens is 348 g/mol. The molecule has 0 atom stereocenters. The standard InChI is InChI=1S/C17H18N8S/c1-3-4-21-17-22-7-10(8-23-17)11-5-13(25-15(19)12(11)6-18)14-9(2)24-16(20)26-14/h5,7-8H,3-4H2,1-2H3,(H2,19,25)(H2,20,24)(H,21,22,23). The van der Waals surface area contributed by atoms with Gasteiger partial charge in [0.25, 0.3) is 0 Å². The number of nitriles is 1. The van der Waals surface area contributed by atoms with E-state index in [0.717, 1.165) is 23.5 Å². The van der Waals surface area contributed by atoms with Crippen LogP contribution in [-0.4, -0.2) is 26.5 Å². The molecule has 0 saturated carbocycles. The van der Waals surface area contributed by atoms with Gasteiger partial charge in [-0.1, -0.05) is 18.3 Å². The highest BCUT2D eigenvalue weighted by molar-refractivity contribution is 7.18. The minimum atomic E-state index is 0.152. The van der Waals surface area contributed by atoms with Crippen molar-refractivity contribution in [1.29, 1.82) is 5.26 Å². The summed E-state index contributed by atoms with van der Waals surface area (Å²) >= 11 is 1.33. The van der Waals surface area contributed by atoms with E-state index in [4.69, 9.17) is 11.5 Å². The zero-order chi connectivity index (χ0) is 18.7. The van der Waals surface area contributed by atoms with E-state index in [2.05, 4.69) is 38.2 Å². The fourth-order valence-corrected chi connectivity index (χ4v) is 3.27. The minimum absolute atomic E-state index is 0.152. The van der Waals surface area contributed by atoms with Crippen LogP contribution in [0.4, 0.5) is 16.9 Å². The molecule has 0 radical (unpaired) electrons. The maximum Gasteiger partial charge on any atom is 0.222 e. The summed E-state index contributed by atoms with van der Waals surface area (Å²) in [5.41, 5.74) is 14.8. The molecule has 26 heavy (non-hydrogen) atoms. The lowest BCUT2D eigenvalue weighted by Gasteiger charge is -2.10. The van der Waals surface area contributed by atoms with E-state index in [1.807, 2.05) is 6.92 Å². The minimum Gasteiger partial charge on any atom is -0.383 e. The van der Waals surface area contributed by atoms with Gasteiger partial charge >= 0.3 is 0 Å². The van der Waals surface area contributed by atoms with Crippen molar-refractivity contribution in [3.63, 3.8) is 0 Å². The molecule has 3 heterocycles. The van der Waals surface area contributed by atoms with Crippen molar-refractivity contribution in [3.8, 4) is 27.8 Å². The summed E-state index contributed by atoms with van der Waals surface area (Å²) in [6.07, 6.45) is 4.31. The maximum absolute atomic E-state index is 9.50. The molecular formula is C17H18N8S. The van der Waals surface area contributed by atoms with Crippen LogP contribution in [0.5, 0.6) is 0 Å². The van der Waals surface area contributed by atoms with Crippen LogP contribution in [-0.2, 0) is 0 Å². The Morgan fingerprint density at radius 2 is 1.96 bits per heavy atom. The normalized spacial score (nSPS) is 10.5. The van der Waals surface area contributed by atoms with Crippen LogP contribution < -0.4 is 16.8 Å². The Morgan fingerprint density at radius 1 is 1.23 bits per heavy atom. The fourth-order valence-electron chi connectivity index (χ4n) is 2.48. The number of nitrogens with zero attached hydrogens (tertiary/aromatic N) is 5. The molecule has 0 spiro atoms. The number of nitrogen functional groups attached to an aromatic ring is 2. The first-order valence-corrected chi connectivity index (χ1v) is 8.85. The summed E-state index contributed by atoms with van der Waals surface area (Å²) in [6.45, 7) is 4.71. The first-order valence-electron chi connectivity index (χ1n) is 8.03. The number of rotatable bonds is 5. The largest absolute Gasteiger partial charge is 0.383 e. The van der Waals surface area contributed by atoms with Gasteiger partial charge in [0.15, 0.2) is 5.13 Å². The molecule has 3 aromatic rings. The van der Waals surface area contributed by atoms with Crippen molar-refractivity contribution in [2.75, 3.05) is 23.3 Å². The second kappa shape index (κ2) is 7.33. The van der Waals surface area contributed by atoms with Crippen LogP contribution >= 0.6 is 11.3 Å². The highest BCUT2D eigenvalue weighted by Gasteiger charge is 2.17. The molecule has 0 fully saturated rings. The van der Waals surface area contributed by atoms with Gasteiger partial charge in [0.05, 0.1) is 16.3 Å². The fraction of sp³-hybridized carbons (Fsp3) is 0.235. The van der Waals surface area contributed by atoms with E-state index < -0.39 is 0 Å². The molecule has 0 amide bonds. The van der Waals surface area contributed by atoms with Crippen molar-refractivity contribution in [1.82, 2.24) is 19.9 Å². The molecule has 0 aliphatic carbocycles. The highest BCUT2D eigenvalue weighted by atomic mass is 32.1. The number of hydrogen-bond donors (Lipinski definition) is 3. The van der Waals surface area contributed by atoms with Gasteiger partial charge in [-0.15, -0.1) is 0 Å². The molecule has 0 aromatic carbocycles. The third kappa shape index (κ3) is 3.41. The molecule has 0 saturated heterocycles. The number of aromatic nitrogens is 4. The number of thiazole rings is 1. The van der Waals surface area contributed by atoms with Crippen LogP contribution in [0, 0.1) is 18.3 Å². The second-order valence-corrected chi connectivity index (χ2v) is 6.65. The van der Waals surface area contributed by atoms with Gasteiger partial charge in [-0.25, -0.2) is 19.9 Å². The summed E-state index contributed by atoms with van der Waals surface area (Å²) in [6, 6.07) is 3.91. The van der Waals surface area contributed by atoms with E-state index in [1.165, 1.54) is 11.3 Å². The van der Waals surface area contributed by atoms with E-state index in [-0.39, 0.29) is 5.82 Å². The summed E-state index contributed by atoms with van der Waals surface area (Å²) < 4.78 is 0. The lowest BCUT2D eigenvalue weighted by Crippen LogP contribution is -2.04. The third-order valence-corrected chi connectivity index (χ3v) is 4.71. The molecule has 0 aliphatic heterocycles. The Labute approximate surface area is 155 Å². The molecule has 0 unspecified atom stereocenters. The van der Waals surface area contributed by atoms with Crippen LogP contribution in [0.25, 0.3) is 21.7 Å². The first kappa shape index (κ1) is 17.6. The van der Waals surface area contributed by atoms with Gasteiger partial charge < -0.3 is 16.8 Å². The number of hydrogen-bond acceptors (Lipinski definition) is 9. The van der Waals surface area contributed by atoms with Crippen molar-refractivity contribution in [2.45, 2.75) is 20.3 Å². The molecule has 5 N–H and O–H groups in total. The van der Waals surface area contributed by atoms with Crippen molar-refractivity contribution >= 4 is 28.2 Å². The van der Waals surface area contributed by atoms with E-state index >= 15 is 0 Å². The van der Waals surface area contributed by atoms with Gasteiger partial charge in [0.2, 0.25) is 5.95 Å². The third-order valence-electron chi connectivity index (χ3n) is 3.70. The Morgan fingerprint density at radius 3 is 2.54 bits per heavy atom. The number of aryl methyl sites for hydroxylation is 1. The SMILES string of the molecule is CCCNc1ncc(-c2cc(-c3sc(N)nc3C)nc(N)c2C#N)cn1. The van der Waals surface area contributed by atoms with Gasteiger partial charge in [-0.3, -0.25) is 0 Å². The molecule has 8 nitrogen and oxygen atoms in total. The molecule has 132 valence electrons. The summed E-state index contributed by atoms with van der Waals surface area (Å²) in [7, 11) is 0. The van der Waals surface area contributed by atoms with Crippen LogP contribution in [0.15, 0.2) is 18.5 Å². The predicted molar refractivity (Wildman–Crippen MR) is 103 cm³/mol. The maximum atomic E-state index is 9.50. The van der Waals surface area contributed by atoms with Gasteiger partial charge in [-0.05, 0) is 19.4 Å². The molecule has 9 heteroatoms. The second-order valence-electron chi connectivity index (χ2n) is 5.62. The molecule has 3 aromatic heterocycles. The summed E-state index contributed by atoms with van der Waals surface area (Å²) in [5, 5.41) is 13.1. The number of nitrogens with two attached hydrogens (primary N) is 2. The summed E-state index contributed by atoms with van der Waals surface area (Å²) in [4.78, 5) is 18.0. The van der Waals surface area contributed by atoms with E-state index in [9.17, 15) is 5.26 Å². The van der Waals surface area contributed by atoms with Crippen LogP contribution in [0.2, 0.25) is 0 Å². The quantitative estimate of drug-likeness (QED) is 0.626. The Bertz CT molecular complexity index is 972. The van der Waals surface area contributed by atoms with Crippen LogP contribution in [0.1, 0.15) is 24.6 Å². The molecule has 0 aliphatic rings. The number of anilines is 3. The zero-order valence-corrected chi connectivity index (χ0v) is 15.3. The average molecular weight is 366 g/mol. The Kier molecular flexibility index (Phi) is 4.95. The lowest BCUT2D eigenvalue weighted by molar-refractivity contribution is 0.953. The van der Waals surface area contributed by atoms with Gasteiger partial charge in [-0.2, -0.15) is 5.26 Å². The van der Waals surface area contributed by atoms with Gasteiger partial charge in [0, 0.05) is 30.1 Å². The molecule has 3 rings (SSSR count). The number of nitrogens with one attached hydrogen (secondary N) is 1. The number of pyridine rings is 1. The summed E-state index contributed by atoms with van der Waals surface area (Å²) in [5.74, 6) is 0.696.